The van der Waals surface area contributed by atoms with E-state index in [4.69, 9.17) is 4.74 Å². The lowest BCUT2D eigenvalue weighted by Crippen LogP contribution is -2.16. The van der Waals surface area contributed by atoms with Crippen molar-refractivity contribution in [2.75, 3.05) is 7.11 Å². The molecule has 0 atom stereocenters. The van der Waals surface area contributed by atoms with Gasteiger partial charge in [-0.3, -0.25) is 0 Å². The van der Waals surface area contributed by atoms with E-state index in [1.54, 1.807) is 7.11 Å². The van der Waals surface area contributed by atoms with Gasteiger partial charge in [0.15, 0.2) is 0 Å². The molecule has 0 N–H and O–H groups in total. The fourth-order valence-electron chi connectivity index (χ4n) is 1.66. The third kappa shape index (κ3) is 2.78. The summed E-state index contributed by atoms with van der Waals surface area (Å²) in [6.07, 6.45) is 0. The molecule has 89 valence electrons. The summed E-state index contributed by atoms with van der Waals surface area (Å²) >= 11 is 0. The van der Waals surface area contributed by atoms with Crippen molar-refractivity contribution in [3.8, 4) is 5.75 Å². The van der Waals surface area contributed by atoms with Gasteiger partial charge in [-0.1, -0.05) is 41.5 Å². The van der Waals surface area contributed by atoms with Gasteiger partial charge in [0, 0.05) is 5.56 Å². The van der Waals surface area contributed by atoms with Crippen LogP contribution in [0.1, 0.15) is 52.7 Å². The maximum Gasteiger partial charge on any atom is 0.122 e. The molecule has 0 fully saturated rings. The third-order valence-corrected chi connectivity index (χ3v) is 2.75. The van der Waals surface area contributed by atoms with E-state index in [2.05, 4.69) is 59.7 Å². The van der Waals surface area contributed by atoms with E-state index in [1.807, 2.05) is 0 Å². The van der Waals surface area contributed by atoms with Crippen LogP contribution < -0.4 is 4.74 Å². The molecular weight excluding hydrogens is 196 g/mol. The van der Waals surface area contributed by atoms with Crippen molar-refractivity contribution in [3.05, 3.63) is 29.3 Å². The second-order valence-corrected chi connectivity index (χ2v) is 6.33. The van der Waals surface area contributed by atoms with Gasteiger partial charge >= 0.3 is 0 Å². The molecule has 0 saturated carbocycles. The first-order valence-corrected chi connectivity index (χ1v) is 5.77. The molecule has 1 radical (unpaired) electrons. The van der Waals surface area contributed by atoms with Crippen LogP contribution in [0.3, 0.4) is 0 Å². The standard InChI is InChI=1S/C15H23O/c1-14(2,3)11-8-9-12(15(4,5)6)13(10-11)16-7/h9-10H,1-7H3. The summed E-state index contributed by atoms with van der Waals surface area (Å²) in [5.74, 6) is 0.969. The van der Waals surface area contributed by atoms with E-state index in [9.17, 15) is 0 Å². The van der Waals surface area contributed by atoms with Gasteiger partial charge in [-0.2, -0.15) is 0 Å². The van der Waals surface area contributed by atoms with Crippen molar-refractivity contribution in [1.82, 2.24) is 0 Å². The summed E-state index contributed by atoms with van der Waals surface area (Å²) in [4.78, 5) is 0. The number of hydrogen-bond donors (Lipinski definition) is 0. The van der Waals surface area contributed by atoms with Crippen LogP contribution in [0.2, 0.25) is 0 Å². The summed E-state index contributed by atoms with van der Waals surface area (Å²) in [7, 11) is 1.73. The Kier molecular flexibility index (Phi) is 3.37. The summed E-state index contributed by atoms with van der Waals surface area (Å²) < 4.78 is 5.49. The normalized spacial score (nSPS) is 12.7. The highest BCUT2D eigenvalue weighted by atomic mass is 16.5. The van der Waals surface area contributed by atoms with Gasteiger partial charge in [-0.05, 0) is 34.6 Å². The molecule has 0 amide bonds. The largest absolute Gasteiger partial charge is 0.496 e. The summed E-state index contributed by atoms with van der Waals surface area (Å²) in [6.45, 7) is 13.1. The molecule has 0 aliphatic carbocycles. The van der Waals surface area contributed by atoms with Gasteiger partial charge in [-0.15, -0.1) is 0 Å². The number of benzene rings is 1. The Labute approximate surface area is 99.8 Å². The average molecular weight is 219 g/mol. The second kappa shape index (κ2) is 4.12. The van der Waals surface area contributed by atoms with Crippen LogP contribution in [0, 0.1) is 6.07 Å². The number of hydrogen-bond acceptors (Lipinski definition) is 1. The molecule has 1 aromatic carbocycles. The predicted molar refractivity (Wildman–Crippen MR) is 69.2 cm³/mol. The molecule has 0 saturated heterocycles. The lowest BCUT2D eigenvalue weighted by Gasteiger charge is -2.25. The maximum atomic E-state index is 5.49. The molecule has 16 heavy (non-hydrogen) atoms. The van der Waals surface area contributed by atoms with Gasteiger partial charge < -0.3 is 4.74 Å². The minimum absolute atomic E-state index is 0.0955. The number of rotatable bonds is 1. The van der Waals surface area contributed by atoms with Gasteiger partial charge in [0.2, 0.25) is 0 Å². The highest BCUT2D eigenvalue weighted by molar-refractivity contribution is 5.42. The van der Waals surface area contributed by atoms with Gasteiger partial charge in [0.1, 0.15) is 5.75 Å². The monoisotopic (exact) mass is 219 g/mol. The summed E-state index contributed by atoms with van der Waals surface area (Å²) in [5, 5.41) is 0. The first kappa shape index (κ1) is 13.1. The van der Waals surface area contributed by atoms with Gasteiger partial charge in [-0.25, -0.2) is 0 Å². The van der Waals surface area contributed by atoms with E-state index in [1.165, 1.54) is 11.1 Å². The molecule has 0 aliphatic rings. The molecule has 0 aromatic heterocycles. The molecule has 1 rings (SSSR count). The van der Waals surface area contributed by atoms with E-state index in [-0.39, 0.29) is 10.8 Å². The summed E-state index contributed by atoms with van der Waals surface area (Å²) in [6, 6.07) is 7.56. The molecule has 0 aliphatic heterocycles. The fourth-order valence-corrected chi connectivity index (χ4v) is 1.66. The Morgan fingerprint density at radius 2 is 1.56 bits per heavy atom. The quantitative estimate of drug-likeness (QED) is 0.691. The number of ether oxygens (including phenoxy) is 1. The topological polar surface area (TPSA) is 9.23 Å². The minimum atomic E-state index is 0.0955. The highest BCUT2D eigenvalue weighted by Gasteiger charge is 2.22. The van der Waals surface area contributed by atoms with Crippen LogP contribution >= 0.6 is 0 Å². The molecule has 0 heterocycles. The molecule has 1 nitrogen and oxygen atoms in total. The number of methoxy groups -OCH3 is 1. The zero-order chi connectivity index (χ0) is 12.6. The lowest BCUT2D eigenvalue weighted by atomic mass is 9.81. The molecule has 1 heteroatoms. The average Bonchev–Trinajstić information content (AvgIpc) is 2.14. The van der Waals surface area contributed by atoms with Crippen molar-refractivity contribution in [2.45, 2.75) is 52.4 Å². The van der Waals surface area contributed by atoms with Crippen LogP contribution in [0.15, 0.2) is 12.1 Å². The first-order chi connectivity index (χ1) is 7.16. The van der Waals surface area contributed by atoms with Crippen LogP contribution in [0.25, 0.3) is 0 Å². The SMILES string of the molecule is COc1cc(C(C)(C)C)[c]cc1C(C)(C)C. The fraction of sp³-hybridized carbons (Fsp3) is 0.600. The van der Waals surface area contributed by atoms with Gasteiger partial charge in [0.05, 0.1) is 7.11 Å². The smallest absolute Gasteiger partial charge is 0.122 e. The van der Waals surface area contributed by atoms with Crippen LogP contribution in [-0.2, 0) is 10.8 Å². The molecule has 0 unspecified atom stereocenters. The lowest BCUT2D eigenvalue weighted by molar-refractivity contribution is 0.395. The van der Waals surface area contributed by atoms with Crippen molar-refractivity contribution in [3.63, 3.8) is 0 Å². The van der Waals surface area contributed by atoms with E-state index >= 15 is 0 Å². The third-order valence-electron chi connectivity index (χ3n) is 2.75. The molecule has 0 bridgehead atoms. The van der Waals surface area contributed by atoms with Crippen molar-refractivity contribution < 1.29 is 4.74 Å². The zero-order valence-electron chi connectivity index (χ0n) is 11.6. The Morgan fingerprint density at radius 1 is 1.00 bits per heavy atom. The highest BCUT2D eigenvalue weighted by Crippen LogP contribution is 2.34. The van der Waals surface area contributed by atoms with Crippen molar-refractivity contribution in [1.29, 1.82) is 0 Å². The Bertz CT molecular complexity index is 364. The maximum absolute atomic E-state index is 5.49. The molecule has 1 aromatic rings. The summed E-state index contributed by atoms with van der Waals surface area (Å²) in [5.41, 5.74) is 2.61. The van der Waals surface area contributed by atoms with Crippen LogP contribution in [0.4, 0.5) is 0 Å². The Morgan fingerprint density at radius 3 is 1.94 bits per heavy atom. The molecular formula is C15H23O. The second-order valence-electron chi connectivity index (χ2n) is 6.33. The van der Waals surface area contributed by atoms with Crippen LogP contribution in [0.5, 0.6) is 5.75 Å². The van der Waals surface area contributed by atoms with E-state index in [0.717, 1.165) is 5.75 Å². The first-order valence-electron chi connectivity index (χ1n) is 5.77. The minimum Gasteiger partial charge on any atom is -0.496 e. The Balaban J connectivity index is 3.28. The van der Waals surface area contributed by atoms with Crippen molar-refractivity contribution in [2.24, 2.45) is 0 Å². The van der Waals surface area contributed by atoms with E-state index < -0.39 is 0 Å². The van der Waals surface area contributed by atoms with Gasteiger partial charge in [0.25, 0.3) is 0 Å². The van der Waals surface area contributed by atoms with E-state index in [0.29, 0.717) is 0 Å². The van der Waals surface area contributed by atoms with Crippen molar-refractivity contribution >= 4 is 0 Å². The molecule has 0 spiro atoms. The Hall–Kier alpha value is -0.980. The predicted octanol–water partition coefficient (Wildman–Crippen LogP) is 4.09. The zero-order valence-corrected chi connectivity index (χ0v) is 11.6. The van der Waals surface area contributed by atoms with Crippen LogP contribution in [-0.4, -0.2) is 7.11 Å².